The van der Waals surface area contributed by atoms with Gasteiger partial charge in [0.05, 0.1) is 18.7 Å². The Balaban J connectivity index is 1.63. The zero-order valence-corrected chi connectivity index (χ0v) is 16.9. The second kappa shape index (κ2) is 8.19. The Morgan fingerprint density at radius 1 is 1.26 bits per heavy atom. The van der Waals surface area contributed by atoms with E-state index < -0.39 is 0 Å². The van der Waals surface area contributed by atoms with Crippen molar-refractivity contribution in [1.29, 1.82) is 0 Å². The van der Waals surface area contributed by atoms with Crippen LogP contribution in [0.4, 0.5) is 5.69 Å². The molecule has 0 amide bonds. The van der Waals surface area contributed by atoms with Crippen molar-refractivity contribution >= 4 is 23.2 Å². The van der Waals surface area contributed by atoms with Gasteiger partial charge in [-0.3, -0.25) is 9.89 Å². The first-order valence-corrected chi connectivity index (χ1v) is 9.49. The van der Waals surface area contributed by atoms with Crippen LogP contribution in [0.3, 0.4) is 0 Å². The molecule has 6 heteroatoms. The number of ether oxygens (including phenoxy) is 1. The van der Waals surface area contributed by atoms with Crippen LogP contribution in [0.5, 0.6) is 5.75 Å². The van der Waals surface area contributed by atoms with Gasteiger partial charge in [-0.2, -0.15) is 0 Å². The zero-order chi connectivity index (χ0) is 19.4. The molecule has 2 aromatic rings. The van der Waals surface area contributed by atoms with Crippen molar-refractivity contribution in [2.45, 2.75) is 32.4 Å². The minimum Gasteiger partial charge on any atom is -0.495 e. The lowest BCUT2D eigenvalue weighted by molar-refractivity contribution is 0.112. The fourth-order valence-electron chi connectivity index (χ4n) is 3.32. The summed E-state index contributed by atoms with van der Waals surface area (Å²) in [6, 6.07) is 14.1. The molecule has 2 aromatic carbocycles. The third-order valence-corrected chi connectivity index (χ3v) is 5.34. The number of methoxy groups -OCH3 is 1. The van der Waals surface area contributed by atoms with E-state index in [2.05, 4.69) is 53.3 Å². The van der Waals surface area contributed by atoms with Crippen molar-refractivity contribution in [2.75, 3.05) is 25.5 Å². The first kappa shape index (κ1) is 19.5. The predicted molar refractivity (Wildman–Crippen MR) is 113 cm³/mol. The van der Waals surface area contributed by atoms with E-state index in [9.17, 15) is 0 Å². The Morgan fingerprint density at radius 3 is 2.70 bits per heavy atom. The van der Waals surface area contributed by atoms with Gasteiger partial charge in [-0.25, -0.2) is 0 Å². The van der Waals surface area contributed by atoms with E-state index in [1.165, 1.54) is 11.1 Å². The van der Waals surface area contributed by atoms with Crippen LogP contribution in [0, 0.1) is 0 Å². The van der Waals surface area contributed by atoms with E-state index in [4.69, 9.17) is 22.1 Å². The van der Waals surface area contributed by atoms with Gasteiger partial charge < -0.3 is 15.8 Å². The topological polar surface area (TPSA) is 62.9 Å². The first-order chi connectivity index (χ1) is 12.9. The van der Waals surface area contributed by atoms with Crippen LogP contribution in [0.15, 0.2) is 47.5 Å². The Bertz CT molecular complexity index is 835. The van der Waals surface area contributed by atoms with Crippen LogP contribution in [0.25, 0.3) is 0 Å². The van der Waals surface area contributed by atoms with Crippen molar-refractivity contribution in [2.24, 2.45) is 10.7 Å². The van der Waals surface area contributed by atoms with Gasteiger partial charge in [0.1, 0.15) is 5.75 Å². The van der Waals surface area contributed by atoms with Gasteiger partial charge in [-0.15, -0.1) is 0 Å². The summed E-state index contributed by atoms with van der Waals surface area (Å²) < 4.78 is 5.16. The predicted octanol–water partition coefficient (Wildman–Crippen LogP) is 3.91. The standard InChI is InChI=1S/C21H27ClN4O/c1-21(2,26-11-10-15-6-4-5-7-16(15)13-26)14-24-20(23)25-17-8-9-19(27-3)18(22)12-17/h4-9,12H,10-11,13-14H2,1-3H3,(H3,23,24,25). The molecule has 1 aliphatic heterocycles. The number of hydrogen-bond donors (Lipinski definition) is 2. The molecule has 3 rings (SSSR count). The van der Waals surface area contributed by atoms with Crippen LogP contribution in [-0.2, 0) is 13.0 Å². The molecule has 0 unspecified atom stereocenters. The number of fused-ring (bicyclic) bond motifs is 1. The van der Waals surface area contributed by atoms with Crippen molar-refractivity contribution < 1.29 is 4.74 Å². The lowest BCUT2D eigenvalue weighted by Crippen LogP contribution is -2.49. The van der Waals surface area contributed by atoms with E-state index in [0.717, 1.165) is 25.2 Å². The number of nitrogens with zero attached hydrogens (tertiary/aromatic N) is 2. The zero-order valence-electron chi connectivity index (χ0n) is 16.1. The molecule has 5 nitrogen and oxygen atoms in total. The van der Waals surface area contributed by atoms with E-state index in [-0.39, 0.29) is 5.54 Å². The van der Waals surface area contributed by atoms with Crippen molar-refractivity contribution in [3.8, 4) is 5.75 Å². The van der Waals surface area contributed by atoms with Crippen LogP contribution in [-0.4, -0.2) is 36.6 Å². The number of rotatable bonds is 5. The average Bonchev–Trinajstić information content (AvgIpc) is 2.66. The monoisotopic (exact) mass is 386 g/mol. The minimum absolute atomic E-state index is 0.0859. The van der Waals surface area contributed by atoms with Gasteiger partial charge in [0.25, 0.3) is 0 Å². The third-order valence-electron chi connectivity index (χ3n) is 5.05. The average molecular weight is 387 g/mol. The van der Waals surface area contributed by atoms with E-state index >= 15 is 0 Å². The van der Waals surface area contributed by atoms with Crippen LogP contribution >= 0.6 is 11.6 Å². The Kier molecular flexibility index (Phi) is 5.92. The van der Waals surface area contributed by atoms with Crippen LogP contribution in [0.2, 0.25) is 5.02 Å². The van der Waals surface area contributed by atoms with E-state index in [1.807, 2.05) is 6.07 Å². The van der Waals surface area contributed by atoms with Gasteiger partial charge in [-0.05, 0) is 49.6 Å². The molecule has 0 aromatic heterocycles. The van der Waals surface area contributed by atoms with Gasteiger partial charge in [0.15, 0.2) is 5.96 Å². The van der Waals surface area contributed by atoms with Crippen molar-refractivity contribution in [3.05, 3.63) is 58.6 Å². The number of nitrogens with one attached hydrogen (secondary N) is 1. The fourth-order valence-corrected chi connectivity index (χ4v) is 3.58. The highest BCUT2D eigenvalue weighted by atomic mass is 35.5. The number of halogens is 1. The summed E-state index contributed by atoms with van der Waals surface area (Å²) in [6.45, 7) is 7.00. The molecule has 3 N–H and O–H groups in total. The highest BCUT2D eigenvalue weighted by Gasteiger charge is 2.29. The molecular formula is C21H27ClN4O. The SMILES string of the molecule is COc1ccc(NC(N)=NCC(C)(C)N2CCc3ccccc3C2)cc1Cl. The maximum atomic E-state index is 6.15. The van der Waals surface area contributed by atoms with Gasteiger partial charge in [0.2, 0.25) is 0 Å². The molecule has 0 saturated heterocycles. The molecule has 0 aliphatic carbocycles. The molecule has 0 fully saturated rings. The summed E-state index contributed by atoms with van der Waals surface area (Å²) in [4.78, 5) is 7.03. The molecular weight excluding hydrogens is 360 g/mol. The number of nitrogens with two attached hydrogens (primary N) is 1. The molecule has 1 aliphatic rings. The second-order valence-corrected chi connectivity index (χ2v) is 7.84. The number of benzene rings is 2. The van der Waals surface area contributed by atoms with Crippen molar-refractivity contribution in [1.82, 2.24) is 4.90 Å². The lowest BCUT2D eigenvalue weighted by Gasteiger charge is -2.40. The number of hydrogen-bond acceptors (Lipinski definition) is 3. The molecule has 27 heavy (non-hydrogen) atoms. The molecule has 0 radical (unpaired) electrons. The maximum Gasteiger partial charge on any atom is 0.193 e. The summed E-state index contributed by atoms with van der Waals surface area (Å²) in [6.07, 6.45) is 1.07. The van der Waals surface area contributed by atoms with E-state index in [1.54, 1.807) is 19.2 Å². The van der Waals surface area contributed by atoms with Crippen molar-refractivity contribution in [3.63, 3.8) is 0 Å². The molecule has 0 bridgehead atoms. The normalized spacial score (nSPS) is 15.3. The molecule has 1 heterocycles. The number of anilines is 1. The summed E-state index contributed by atoms with van der Waals surface area (Å²) in [5.41, 5.74) is 9.64. The first-order valence-electron chi connectivity index (χ1n) is 9.11. The summed E-state index contributed by atoms with van der Waals surface area (Å²) in [5.74, 6) is 1.01. The summed E-state index contributed by atoms with van der Waals surface area (Å²) >= 11 is 6.15. The van der Waals surface area contributed by atoms with Crippen LogP contribution in [0.1, 0.15) is 25.0 Å². The molecule has 0 saturated carbocycles. The second-order valence-electron chi connectivity index (χ2n) is 7.43. The lowest BCUT2D eigenvalue weighted by atomic mass is 9.94. The number of aliphatic imine (C=N–C) groups is 1. The third kappa shape index (κ3) is 4.73. The molecule has 144 valence electrons. The van der Waals surface area contributed by atoms with Crippen LogP contribution < -0.4 is 15.8 Å². The van der Waals surface area contributed by atoms with Gasteiger partial charge >= 0.3 is 0 Å². The van der Waals surface area contributed by atoms with E-state index in [0.29, 0.717) is 23.3 Å². The quantitative estimate of drug-likeness (QED) is 0.604. The highest BCUT2D eigenvalue weighted by Crippen LogP contribution is 2.27. The Morgan fingerprint density at radius 2 is 2.00 bits per heavy atom. The molecule has 0 spiro atoms. The smallest absolute Gasteiger partial charge is 0.193 e. The summed E-state index contributed by atoms with van der Waals surface area (Å²) in [7, 11) is 1.59. The van der Waals surface area contributed by atoms with Gasteiger partial charge in [-0.1, -0.05) is 35.9 Å². The summed E-state index contributed by atoms with van der Waals surface area (Å²) in [5, 5.41) is 3.62. The van der Waals surface area contributed by atoms with Gasteiger partial charge in [0, 0.05) is 24.3 Å². The molecule has 0 atom stereocenters. The fraction of sp³-hybridized carbons (Fsp3) is 0.381. The minimum atomic E-state index is -0.0859. The Hall–Kier alpha value is -2.24. The largest absolute Gasteiger partial charge is 0.495 e. The highest BCUT2D eigenvalue weighted by molar-refractivity contribution is 6.32. The maximum absolute atomic E-state index is 6.15. The number of guanidine groups is 1. The Labute approximate surface area is 166 Å².